The topological polar surface area (TPSA) is 61.4 Å². The number of nitrogens with one attached hydrogen (secondary N) is 2. The van der Waals surface area contributed by atoms with Crippen LogP contribution in [0.4, 0.5) is 10.5 Å². The van der Waals surface area contributed by atoms with Crippen LogP contribution in [0.3, 0.4) is 0 Å². The van der Waals surface area contributed by atoms with Crippen LogP contribution in [0.15, 0.2) is 24.3 Å². The van der Waals surface area contributed by atoms with Crippen LogP contribution >= 0.6 is 0 Å². The van der Waals surface area contributed by atoms with Crippen LogP contribution < -0.4 is 10.6 Å². The van der Waals surface area contributed by atoms with Crippen molar-refractivity contribution in [3.05, 3.63) is 29.8 Å². The number of anilines is 1. The molecule has 1 aliphatic rings. The fourth-order valence-corrected chi connectivity index (χ4v) is 2.84. The fraction of sp³-hybridized carbons (Fsp3) is 0.556. The van der Waals surface area contributed by atoms with Gasteiger partial charge in [0.15, 0.2) is 0 Å². The Morgan fingerprint density at radius 1 is 1.30 bits per heavy atom. The van der Waals surface area contributed by atoms with Gasteiger partial charge in [-0.05, 0) is 43.4 Å². The number of urea groups is 1. The second kappa shape index (κ2) is 8.56. The molecule has 1 saturated heterocycles. The summed E-state index contributed by atoms with van der Waals surface area (Å²) in [7, 11) is 0. The normalized spacial score (nSPS) is 17.7. The summed E-state index contributed by atoms with van der Waals surface area (Å²) in [5.74, 6) is -0.0274. The molecule has 1 atom stereocenters. The number of aryl methyl sites for hydroxylation is 1. The minimum Gasteiger partial charge on any atom is -0.356 e. The van der Waals surface area contributed by atoms with Crippen LogP contribution in [0.2, 0.25) is 0 Å². The summed E-state index contributed by atoms with van der Waals surface area (Å²) < 4.78 is 0. The number of amides is 3. The molecule has 1 aromatic carbocycles. The number of carbonyl (C=O) groups excluding carboxylic acids is 2. The Morgan fingerprint density at radius 2 is 2.13 bits per heavy atom. The summed E-state index contributed by atoms with van der Waals surface area (Å²) in [5.41, 5.74) is 2.00. The number of nitrogens with zero attached hydrogens (tertiary/aromatic N) is 1. The molecule has 23 heavy (non-hydrogen) atoms. The fourth-order valence-electron chi connectivity index (χ4n) is 2.84. The van der Waals surface area contributed by atoms with Gasteiger partial charge < -0.3 is 15.5 Å². The molecule has 3 amide bonds. The Bertz CT molecular complexity index is 545. The Morgan fingerprint density at radius 3 is 2.87 bits per heavy atom. The molecule has 1 aromatic rings. The van der Waals surface area contributed by atoms with Crippen LogP contribution in [0.5, 0.6) is 0 Å². The number of likely N-dealkylation sites (tertiary alicyclic amines) is 1. The molecule has 1 heterocycles. The second-order valence-corrected chi connectivity index (χ2v) is 6.06. The number of carbonyl (C=O) groups is 2. The SMILES string of the molecule is CCCNC(=O)[C@H]1CCCN(C(=O)Nc2cccc(CC)c2)C1. The summed E-state index contributed by atoms with van der Waals surface area (Å²) in [5, 5.41) is 5.87. The van der Waals surface area contributed by atoms with E-state index < -0.39 is 0 Å². The summed E-state index contributed by atoms with van der Waals surface area (Å²) >= 11 is 0. The average Bonchev–Trinajstić information content (AvgIpc) is 2.59. The molecular formula is C18H27N3O2. The van der Waals surface area contributed by atoms with E-state index in [4.69, 9.17) is 0 Å². The van der Waals surface area contributed by atoms with Crippen LogP contribution in [-0.4, -0.2) is 36.5 Å². The van der Waals surface area contributed by atoms with Gasteiger partial charge in [-0.2, -0.15) is 0 Å². The van der Waals surface area contributed by atoms with Crippen molar-refractivity contribution in [2.24, 2.45) is 5.92 Å². The summed E-state index contributed by atoms with van der Waals surface area (Å²) in [6.45, 7) is 6.02. The average molecular weight is 317 g/mol. The summed E-state index contributed by atoms with van der Waals surface area (Å²) in [4.78, 5) is 26.3. The lowest BCUT2D eigenvalue weighted by atomic mass is 9.97. The molecule has 1 fully saturated rings. The number of hydrogen-bond donors (Lipinski definition) is 2. The van der Waals surface area contributed by atoms with Gasteiger partial charge in [-0.1, -0.05) is 26.0 Å². The Kier molecular flexibility index (Phi) is 6.44. The predicted octanol–water partition coefficient (Wildman–Crippen LogP) is 3.02. The van der Waals surface area contributed by atoms with E-state index in [0.29, 0.717) is 19.6 Å². The van der Waals surface area contributed by atoms with Crippen molar-refractivity contribution >= 4 is 17.6 Å². The Hall–Kier alpha value is -2.04. The number of piperidine rings is 1. The molecule has 0 radical (unpaired) electrons. The molecule has 1 aliphatic heterocycles. The maximum absolute atomic E-state index is 12.4. The maximum atomic E-state index is 12.4. The smallest absolute Gasteiger partial charge is 0.321 e. The van der Waals surface area contributed by atoms with Gasteiger partial charge in [-0.3, -0.25) is 4.79 Å². The molecule has 5 nitrogen and oxygen atoms in total. The molecule has 5 heteroatoms. The van der Waals surface area contributed by atoms with Crippen molar-refractivity contribution in [3.8, 4) is 0 Å². The summed E-state index contributed by atoms with van der Waals surface area (Å²) in [6, 6.07) is 7.77. The molecule has 0 unspecified atom stereocenters. The van der Waals surface area contributed by atoms with Crippen molar-refractivity contribution in [2.75, 3.05) is 25.0 Å². The standard InChI is InChI=1S/C18H27N3O2/c1-3-10-19-17(22)15-8-6-11-21(13-15)18(23)20-16-9-5-7-14(4-2)12-16/h5,7,9,12,15H,3-4,6,8,10-11,13H2,1-2H3,(H,19,22)(H,20,23)/t15-/m0/s1. The van der Waals surface area contributed by atoms with E-state index in [-0.39, 0.29) is 17.9 Å². The van der Waals surface area contributed by atoms with Crippen molar-refractivity contribution in [1.82, 2.24) is 10.2 Å². The van der Waals surface area contributed by atoms with Crippen LogP contribution in [0, 0.1) is 5.92 Å². The van der Waals surface area contributed by atoms with E-state index in [1.807, 2.05) is 31.2 Å². The van der Waals surface area contributed by atoms with Crippen LogP contribution in [-0.2, 0) is 11.2 Å². The first-order valence-electron chi connectivity index (χ1n) is 8.56. The Labute approximate surface area is 138 Å². The molecule has 0 bridgehead atoms. The van der Waals surface area contributed by atoms with E-state index in [1.54, 1.807) is 4.90 Å². The third-order valence-electron chi connectivity index (χ3n) is 4.22. The number of hydrogen-bond acceptors (Lipinski definition) is 2. The molecule has 126 valence electrons. The first-order chi connectivity index (χ1) is 11.1. The van der Waals surface area contributed by atoms with E-state index in [2.05, 4.69) is 17.6 Å². The van der Waals surface area contributed by atoms with Crippen LogP contribution in [0.1, 0.15) is 38.7 Å². The first kappa shape index (κ1) is 17.3. The van der Waals surface area contributed by atoms with Gasteiger partial charge in [0.05, 0.1) is 5.92 Å². The van der Waals surface area contributed by atoms with Crippen molar-refractivity contribution in [2.45, 2.75) is 39.5 Å². The molecular weight excluding hydrogens is 290 g/mol. The zero-order valence-electron chi connectivity index (χ0n) is 14.1. The highest BCUT2D eigenvalue weighted by Crippen LogP contribution is 2.18. The molecule has 0 aliphatic carbocycles. The van der Waals surface area contributed by atoms with Gasteiger partial charge in [-0.15, -0.1) is 0 Å². The zero-order valence-corrected chi connectivity index (χ0v) is 14.1. The molecule has 2 rings (SSSR count). The first-order valence-corrected chi connectivity index (χ1v) is 8.56. The molecule has 2 N–H and O–H groups in total. The van der Waals surface area contributed by atoms with E-state index >= 15 is 0 Å². The van der Waals surface area contributed by atoms with Gasteiger partial charge in [-0.25, -0.2) is 4.79 Å². The second-order valence-electron chi connectivity index (χ2n) is 6.06. The van der Waals surface area contributed by atoms with E-state index in [0.717, 1.165) is 31.4 Å². The monoisotopic (exact) mass is 317 g/mol. The van der Waals surface area contributed by atoms with Crippen molar-refractivity contribution in [1.29, 1.82) is 0 Å². The predicted molar refractivity (Wildman–Crippen MR) is 92.4 cm³/mol. The van der Waals surface area contributed by atoms with Gasteiger partial charge in [0.1, 0.15) is 0 Å². The van der Waals surface area contributed by atoms with Gasteiger partial charge in [0, 0.05) is 25.3 Å². The number of rotatable bonds is 5. The van der Waals surface area contributed by atoms with Gasteiger partial charge in [0.2, 0.25) is 5.91 Å². The zero-order chi connectivity index (χ0) is 16.7. The highest BCUT2D eigenvalue weighted by Gasteiger charge is 2.28. The summed E-state index contributed by atoms with van der Waals surface area (Å²) in [6.07, 6.45) is 3.58. The van der Waals surface area contributed by atoms with Gasteiger partial charge in [0.25, 0.3) is 0 Å². The quantitative estimate of drug-likeness (QED) is 0.877. The lowest BCUT2D eigenvalue weighted by Crippen LogP contribution is -2.47. The largest absolute Gasteiger partial charge is 0.356 e. The number of benzene rings is 1. The highest BCUT2D eigenvalue weighted by molar-refractivity contribution is 5.90. The maximum Gasteiger partial charge on any atom is 0.321 e. The third kappa shape index (κ3) is 4.98. The lowest BCUT2D eigenvalue weighted by Gasteiger charge is -2.32. The van der Waals surface area contributed by atoms with Crippen molar-refractivity contribution < 1.29 is 9.59 Å². The molecule has 0 spiro atoms. The molecule has 0 saturated carbocycles. The molecule has 0 aromatic heterocycles. The third-order valence-corrected chi connectivity index (χ3v) is 4.22. The van der Waals surface area contributed by atoms with Gasteiger partial charge >= 0.3 is 6.03 Å². The van der Waals surface area contributed by atoms with E-state index in [1.165, 1.54) is 5.56 Å². The minimum absolute atomic E-state index is 0.0670. The Balaban J connectivity index is 1.92. The van der Waals surface area contributed by atoms with Crippen LogP contribution in [0.25, 0.3) is 0 Å². The highest BCUT2D eigenvalue weighted by atomic mass is 16.2. The van der Waals surface area contributed by atoms with Crippen molar-refractivity contribution in [3.63, 3.8) is 0 Å². The lowest BCUT2D eigenvalue weighted by molar-refractivity contribution is -0.126. The van der Waals surface area contributed by atoms with E-state index in [9.17, 15) is 9.59 Å². The minimum atomic E-state index is -0.119.